The maximum Gasteiger partial charge on any atom is 0.290 e. The first-order valence-electron chi connectivity index (χ1n) is 6.02. The lowest BCUT2D eigenvalue weighted by Gasteiger charge is -2.29. The zero-order valence-electron chi connectivity index (χ0n) is 10.5. The second-order valence-electron chi connectivity index (χ2n) is 4.61. The van der Waals surface area contributed by atoms with Crippen molar-refractivity contribution in [3.63, 3.8) is 0 Å². The largest absolute Gasteiger partial charge is 0.328 e. The van der Waals surface area contributed by atoms with Crippen LogP contribution in [0.15, 0.2) is 27.6 Å². The summed E-state index contributed by atoms with van der Waals surface area (Å²) in [4.78, 5) is 10.1. The van der Waals surface area contributed by atoms with Gasteiger partial charge in [-0.25, -0.2) is 8.42 Å². The van der Waals surface area contributed by atoms with Gasteiger partial charge in [-0.05, 0) is 25.0 Å². The van der Waals surface area contributed by atoms with E-state index in [1.807, 2.05) is 0 Å². The first-order valence-corrected chi connectivity index (χ1v) is 8.25. The van der Waals surface area contributed by atoms with Gasteiger partial charge in [-0.3, -0.25) is 10.1 Å². The summed E-state index contributed by atoms with van der Waals surface area (Å²) < 4.78 is 26.7. The van der Waals surface area contributed by atoms with E-state index >= 15 is 0 Å². The van der Waals surface area contributed by atoms with Crippen LogP contribution >= 0.6 is 15.9 Å². The van der Waals surface area contributed by atoms with Crippen LogP contribution < -0.4 is 5.73 Å². The average molecular weight is 364 g/mol. The van der Waals surface area contributed by atoms with Gasteiger partial charge in [-0.2, -0.15) is 4.31 Å². The van der Waals surface area contributed by atoms with E-state index in [2.05, 4.69) is 15.9 Å². The van der Waals surface area contributed by atoms with Gasteiger partial charge in [0.1, 0.15) is 0 Å². The molecule has 0 bridgehead atoms. The second kappa shape index (κ2) is 5.76. The van der Waals surface area contributed by atoms with E-state index in [0.29, 0.717) is 17.3 Å². The van der Waals surface area contributed by atoms with Crippen molar-refractivity contribution in [2.75, 3.05) is 13.1 Å². The van der Waals surface area contributed by atoms with Crippen molar-refractivity contribution in [2.45, 2.75) is 23.8 Å². The fourth-order valence-corrected chi connectivity index (χ4v) is 4.06. The van der Waals surface area contributed by atoms with E-state index < -0.39 is 20.6 Å². The Labute approximate surface area is 125 Å². The molecule has 7 nitrogen and oxygen atoms in total. The lowest BCUT2D eigenvalue weighted by molar-refractivity contribution is -0.387. The van der Waals surface area contributed by atoms with Crippen molar-refractivity contribution in [2.24, 2.45) is 5.73 Å². The molecule has 1 heterocycles. The van der Waals surface area contributed by atoms with Gasteiger partial charge in [0.2, 0.25) is 10.0 Å². The van der Waals surface area contributed by atoms with E-state index in [1.54, 1.807) is 0 Å². The first-order chi connectivity index (χ1) is 9.32. The highest BCUT2D eigenvalue weighted by atomic mass is 79.9. The summed E-state index contributed by atoms with van der Waals surface area (Å²) in [6.45, 7) is 0.577. The zero-order chi connectivity index (χ0) is 14.9. The molecule has 0 atom stereocenters. The van der Waals surface area contributed by atoms with Crippen LogP contribution in [0.1, 0.15) is 12.8 Å². The fourth-order valence-electron chi connectivity index (χ4n) is 2.11. The molecule has 1 aliphatic heterocycles. The van der Waals surface area contributed by atoms with Gasteiger partial charge in [0.05, 0.1) is 4.92 Å². The maximum atomic E-state index is 12.5. The van der Waals surface area contributed by atoms with E-state index in [1.165, 1.54) is 22.5 Å². The van der Waals surface area contributed by atoms with Crippen LogP contribution in [0.25, 0.3) is 0 Å². The Kier molecular flexibility index (Phi) is 4.43. The SMILES string of the molecule is NC1CCN(S(=O)(=O)c2ccc(Br)cc2[N+](=O)[O-])CC1. The van der Waals surface area contributed by atoms with Crippen molar-refractivity contribution >= 4 is 31.6 Å². The fraction of sp³-hybridized carbons (Fsp3) is 0.455. The molecule has 0 radical (unpaired) electrons. The van der Waals surface area contributed by atoms with Gasteiger partial charge in [0.25, 0.3) is 5.69 Å². The molecule has 1 saturated heterocycles. The minimum atomic E-state index is -3.86. The van der Waals surface area contributed by atoms with E-state index in [9.17, 15) is 18.5 Å². The highest BCUT2D eigenvalue weighted by molar-refractivity contribution is 9.10. The van der Waals surface area contributed by atoms with Crippen molar-refractivity contribution in [3.05, 3.63) is 32.8 Å². The number of nitro benzene ring substituents is 1. The maximum absolute atomic E-state index is 12.5. The minimum absolute atomic E-state index is 0.0126. The molecule has 1 aliphatic rings. The number of nitro groups is 1. The summed E-state index contributed by atoms with van der Waals surface area (Å²) >= 11 is 3.11. The summed E-state index contributed by atoms with van der Waals surface area (Å²) in [5, 5.41) is 11.0. The van der Waals surface area contributed by atoms with Crippen molar-refractivity contribution in [1.29, 1.82) is 0 Å². The molecule has 0 aromatic heterocycles. The lowest BCUT2D eigenvalue weighted by atomic mass is 10.1. The topological polar surface area (TPSA) is 107 Å². The van der Waals surface area contributed by atoms with Crippen LogP contribution in [0, 0.1) is 10.1 Å². The van der Waals surface area contributed by atoms with Crippen LogP contribution in [-0.4, -0.2) is 36.8 Å². The molecule has 0 amide bonds. The van der Waals surface area contributed by atoms with Crippen LogP contribution in [0.4, 0.5) is 5.69 Å². The quantitative estimate of drug-likeness (QED) is 0.646. The van der Waals surface area contributed by atoms with Crippen LogP contribution in [-0.2, 0) is 10.0 Å². The van der Waals surface area contributed by atoms with Gasteiger partial charge < -0.3 is 5.73 Å². The van der Waals surface area contributed by atoms with Gasteiger partial charge in [0.15, 0.2) is 4.90 Å². The third-order valence-corrected chi connectivity index (χ3v) is 5.67. The Bertz CT molecular complexity index is 627. The van der Waals surface area contributed by atoms with E-state index in [-0.39, 0.29) is 24.0 Å². The molecular formula is C11H14BrN3O4S. The molecule has 0 spiro atoms. The molecule has 2 rings (SSSR count). The normalized spacial score (nSPS) is 18.1. The molecule has 1 aromatic rings. The highest BCUT2D eigenvalue weighted by Gasteiger charge is 2.33. The van der Waals surface area contributed by atoms with Crippen molar-refractivity contribution in [1.82, 2.24) is 4.31 Å². The lowest BCUT2D eigenvalue weighted by Crippen LogP contribution is -2.42. The second-order valence-corrected chi connectivity index (χ2v) is 7.43. The minimum Gasteiger partial charge on any atom is -0.328 e. The summed E-state index contributed by atoms with van der Waals surface area (Å²) in [7, 11) is -3.86. The van der Waals surface area contributed by atoms with Gasteiger partial charge in [-0.15, -0.1) is 0 Å². The number of benzene rings is 1. The smallest absolute Gasteiger partial charge is 0.290 e. The van der Waals surface area contributed by atoms with E-state index in [4.69, 9.17) is 5.73 Å². The molecule has 9 heteroatoms. The van der Waals surface area contributed by atoms with Gasteiger partial charge in [-0.1, -0.05) is 15.9 Å². The summed E-state index contributed by atoms with van der Waals surface area (Å²) in [6.07, 6.45) is 1.12. The predicted octanol–water partition coefficient (Wildman–Crippen LogP) is 1.47. The molecule has 2 N–H and O–H groups in total. The van der Waals surface area contributed by atoms with Crippen LogP contribution in [0.2, 0.25) is 0 Å². The van der Waals surface area contributed by atoms with Crippen LogP contribution in [0.3, 0.4) is 0 Å². The molecule has 0 unspecified atom stereocenters. The Hall–Kier alpha value is -1.03. The van der Waals surface area contributed by atoms with Gasteiger partial charge in [0, 0.05) is 29.7 Å². The Morgan fingerprint density at radius 1 is 1.35 bits per heavy atom. The third kappa shape index (κ3) is 3.00. The average Bonchev–Trinajstić information content (AvgIpc) is 2.38. The Balaban J connectivity index is 2.42. The van der Waals surface area contributed by atoms with Crippen molar-refractivity contribution < 1.29 is 13.3 Å². The monoisotopic (exact) mass is 363 g/mol. The van der Waals surface area contributed by atoms with Crippen LogP contribution in [0.5, 0.6) is 0 Å². The predicted molar refractivity (Wildman–Crippen MR) is 76.8 cm³/mol. The molecule has 1 fully saturated rings. The molecule has 1 aromatic carbocycles. The molecular weight excluding hydrogens is 350 g/mol. The number of halogens is 1. The number of hydrogen-bond acceptors (Lipinski definition) is 5. The summed E-state index contributed by atoms with van der Waals surface area (Å²) in [6, 6.07) is 3.92. The summed E-state index contributed by atoms with van der Waals surface area (Å²) in [5.41, 5.74) is 5.32. The highest BCUT2D eigenvalue weighted by Crippen LogP contribution is 2.30. The molecule has 0 saturated carbocycles. The summed E-state index contributed by atoms with van der Waals surface area (Å²) in [5.74, 6) is 0. The molecule has 110 valence electrons. The number of nitrogens with zero attached hydrogens (tertiary/aromatic N) is 2. The zero-order valence-corrected chi connectivity index (χ0v) is 12.9. The number of hydrogen-bond donors (Lipinski definition) is 1. The molecule has 0 aliphatic carbocycles. The standard InChI is InChI=1S/C11H14BrN3O4S/c12-8-1-2-11(10(7-8)15(16)17)20(18,19)14-5-3-9(13)4-6-14/h1-2,7,9H,3-6,13H2. The number of rotatable bonds is 3. The first kappa shape index (κ1) is 15.4. The molecule has 20 heavy (non-hydrogen) atoms. The van der Waals surface area contributed by atoms with E-state index in [0.717, 1.165) is 0 Å². The Morgan fingerprint density at radius 2 is 1.95 bits per heavy atom. The van der Waals surface area contributed by atoms with Crippen molar-refractivity contribution in [3.8, 4) is 0 Å². The number of sulfonamides is 1. The third-order valence-electron chi connectivity index (χ3n) is 3.23. The Morgan fingerprint density at radius 3 is 2.50 bits per heavy atom. The number of nitrogens with two attached hydrogens (primary N) is 1. The number of piperidine rings is 1. The van der Waals surface area contributed by atoms with Gasteiger partial charge >= 0.3 is 0 Å².